The van der Waals surface area contributed by atoms with Crippen molar-refractivity contribution in [2.75, 3.05) is 20.2 Å². The molecule has 2 aromatic heterocycles. The SMILES string of the molecule is COc1ccc2[nH]c(=O)c(CN3CC[C@H](n4nc(C)cc4C)C3)cc2c1. The molecule has 6 nitrogen and oxygen atoms in total. The highest BCUT2D eigenvalue weighted by Gasteiger charge is 2.26. The van der Waals surface area contributed by atoms with E-state index in [1.807, 2.05) is 31.2 Å². The van der Waals surface area contributed by atoms with Gasteiger partial charge in [-0.3, -0.25) is 14.4 Å². The van der Waals surface area contributed by atoms with Crippen molar-refractivity contribution in [3.8, 4) is 5.75 Å². The lowest BCUT2D eigenvalue weighted by molar-refractivity contribution is 0.309. The number of aromatic nitrogens is 3. The lowest BCUT2D eigenvalue weighted by Gasteiger charge is -2.17. The Balaban J connectivity index is 1.55. The molecule has 1 aromatic carbocycles. The Morgan fingerprint density at radius 1 is 1.27 bits per heavy atom. The number of pyridine rings is 1. The first-order chi connectivity index (χ1) is 12.5. The maximum Gasteiger partial charge on any atom is 0.252 e. The Kier molecular flexibility index (Phi) is 4.28. The summed E-state index contributed by atoms with van der Waals surface area (Å²) >= 11 is 0. The molecule has 0 aliphatic carbocycles. The van der Waals surface area contributed by atoms with Gasteiger partial charge in [0.1, 0.15) is 5.75 Å². The third-order valence-electron chi connectivity index (χ3n) is 5.16. The first-order valence-corrected chi connectivity index (χ1v) is 8.98. The van der Waals surface area contributed by atoms with Gasteiger partial charge in [-0.15, -0.1) is 0 Å². The van der Waals surface area contributed by atoms with E-state index in [9.17, 15) is 4.79 Å². The van der Waals surface area contributed by atoms with Gasteiger partial charge in [0.25, 0.3) is 5.56 Å². The number of likely N-dealkylation sites (tertiary alicyclic amines) is 1. The van der Waals surface area contributed by atoms with E-state index in [2.05, 4.69) is 32.7 Å². The summed E-state index contributed by atoms with van der Waals surface area (Å²) in [5.74, 6) is 0.793. The van der Waals surface area contributed by atoms with Gasteiger partial charge in [-0.2, -0.15) is 5.10 Å². The second-order valence-corrected chi connectivity index (χ2v) is 7.13. The van der Waals surface area contributed by atoms with E-state index in [-0.39, 0.29) is 5.56 Å². The quantitative estimate of drug-likeness (QED) is 0.784. The first-order valence-electron chi connectivity index (χ1n) is 8.98. The summed E-state index contributed by atoms with van der Waals surface area (Å²) < 4.78 is 7.42. The minimum Gasteiger partial charge on any atom is -0.497 e. The number of H-pyrrole nitrogens is 1. The molecule has 3 aromatic rings. The lowest BCUT2D eigenvalue weighted by Crippen LogP contribution is -2.26. The van der Waals surface area contributed by atoms with Gasteiger partial charge in [0.05, 0.1) is 18.8 Å². The number of fused-ring (bicyclic) bond motifs is 1. The number of aromatic amines is 1. The minimum atomic E-state index is -0.0165. The fourth-order valence-corrected chi connectivity index (χ4v) is 3.89. The monoisotopic (exact) mass is 352 g/mol. The molecule has 1 fully saturated rings. The number of hydrogen-bond donors (Lipinski definition) is 1. The van der Waals surface area contributed by atoms with Crippen LogP contribution in [0.5, 0.6) is 5.75 Å². The van der Waals surface area contributed by atoms with Crippen molar-refractivity contribution in [3.63, 3.8) is 0 Å². The molecule has 0 amide bonds. The fraction of sp³-hybridized carbons (Fsp3) is 0.400. The Hall–Kier alpha value is -2.60. The Morgan fingerprint density at radius 3 is 2.85 bits per heavy atom. The van der Waals surface area contributed by atoms with Crippen LogP contribution in [0, 0.1) is 13.8 Å². The number of aryl methyl sites for hydroxylation is 2. The smallest absolute Gasteiger partial charge is 0.252 e. The summed E-state index contributed by atoms with van der Waals surface area (Å²) in [7, 11) is 1.65. The fourth-order valence-electron chi connectivity index (χ4n) is 3.89. The second kappa shape index (κ2) is 6.61. The molecular weight excluding hydrogens is 328 g/mol. The van der Waals surface area contributed by atoms with E-state index >= 15 is 0 Å². The van der Waals surface area contributed by atoms with Crippen LogP contribution in [-0.2, 0) is 6.54 Å². The highest BCUT2D eigenvalue weighted by molar-refractivity contribution is 5.80. The maximum atomic E-state index is 12.5. The van der Waals surface area contributed by atoms with Crippen molar-refractivity contribution >= 4 is 10.9 Å². The van der Waals surface area contributed by atoms with Crippen LogP contribution in [0.25, 0.3) is 10.9 Å². The standard InChI is InChI=1S/C20H24N4O2/c1-13-8-14(2)24(22-13)17-6-7-23(12-17)11-16-9-15-10-18(26-3)4-5-19(15)21-20(16)25/h4-5,8-10,17H,6-7,11-12H2,1-3H3,(H,21,25)/t17-/m0/s1. The molecule has 0 saturated carbocycles. The Morgan fingerprint density at radius 2 is 2.12 bits per heavy atom. The molecule has 136 valence electrons. The molecule has 1 saturated heterocycles. The van der Waals surface area contributed by atoms with Crippen LogP contribution < -0.4 is 10.3 Å². The summed E-state index contributed by atoms with van der Waals surface area (Å²) in [6, 6.07) is 10.2. The van der Waals surface area contributed by atoms with Crippen LogP contribution in [0.4, 0.5) is 0 Å². The van der Waals surface area contributed by atoms with Gasteiger partial charge in [-0.25, -0.2) is 0 Å². The second-order valence-electron chi connectivity index (χ2n) is 7.13. The topological polar surface area (TPSA) is 63.2 Å². The first kappa shape index (κ1) is 16.8. The molecule has 1 aliphatic heterocycles. The van der Waals surface area contributed by atoms with Gasteiger partial charge in [0.15, 0.2) is 0 Å². The zero-order valence-corrected chi connectivity index (χ0v) is 15.5. The van der Waals surface area contributed by atoms with Gasteiger partial charge in [-0.05, 0) is 50.6 Å². The van der Waals surface area contributed by atoms with E-state index < -0.39 is 0 Å². The van der Waals surface area contributed by atoms with E-state index in [4.69, 9.17) is 4.74 Å². The average Bonchev–Trinajstić information content (AvgIpc) is 3.21. The summed E-state index contributed by atoms with van der Waals surface area (Å²) in [5, 5.41) is 5.61. The van der Waals surface area contributed by atoms with Crippen LogP contribution in [0.3, 0.4) is 0 Å². The number of ether oxygens (including phenoxy) is 1. The van der Waals surface area contributed by atoms with Crippen LogP contribution in [0.1, 0.15) is 29.4 Å². The van der Waals surface area contributed by atoms with Gasteiger partial charge < -0.3 is 9.72 Å². The molecule has 0 bridgehead atoms. The molecule has 3 heterocycles. The third kappa shape index (κ3) is 3.12. The predicted octanol–water partition coefficient (Wildman–Crippen LogP) is 2.80. The van der Waals surface area contributed by atoms with Crippen LogP contribution in [0.2, 0.25) is 0 Å². The molecule has 1 atom stereocenters. The number of methoxy groups -OCH3 is 1. The largest absolute Gasteiger partial charge is 0.497 e. The number of benzene rings is 1. The minimum absolute atomic E-state index is 0.0165. The molecule has 4 rings (SSSR count). The Bertz CT molecular complexity index is 1000. The zero-order valence-electron chi connectivity index (χ0n) is 15.5. The highest BCUT2D eigenvalue weighted by Crippen LogP contribution is 2.25. The van der Waals surface area contributed by atoms with Crippen LogP contribution in [0.15, 0.2) is 35.1 Å². The zero-order chi connectivity index (χ0) is 18.3. The predicted molar refractivity (Wildman–Crippen MR) is 102 cm³/mol. The summed E-state index contributed by atoms with van der Waals surface area (Å²) in [6.07, 6.45) is 1.06. The molecule has 26 heavy (non-hydrogen) atoms. The van der Waals surface area contributed by atoms with Crippen LogP contribution in [-0.4, -0.2) is 39.9 Å². The summed E-state index contributed by atoms with van der Waals surface area (Å²) in [5.41, 5.74) is 3.87. The normalized spacial score (nSPS) is 17.9. The number of hydrogen-bond acceptors (Lipinski definition) is 4. The summed E-state index contributed by atoms with van der Waals surface area (Å²) in [4.78, 5) is 17.8. The van der Waals surface area contributed by atoms with Crippen molar-refractivity contribution in [2.45, 2.75) is 32.9 Å². The molecule has 0 radical (unpaired) electrons. The lowest BCUT2D eigenvalue weighted by atomic mass is 10.1. The number of rotatable bonds is 4. The molecule has 0 unspecified atom stereocenters. The number of nitrogens with zero attached hydrogens (tertiary/aromatic N) is 3. The summed E-state index contributed by atoms with van der Waals surface area (Å²) in [6.45, 7) is 6.66. The average molecular weight is 352 g/mol. The van der Waals surface area contributed by atoms with Crippen LogP contribution >= 0.6 is 0 Å². The van der Waals surface area contributed by atoms with Crippen molar-refractivity contribution in [2.24, 2.45) is 0 Å². The molecule has 1 N–H and O–H groups in total. The molecule has 1 aliphatic rings. The van der Waals surface area contributed by atoms with Gasteiger partial charge in [0, 0.05) is 41.8 Å². The van der Waals surface area contributed by atoms with E-state index in [0.717, 1.165) is 47.4 Å². The van der Waals surface area contributed by atoms with Gasteiger partial charge in [0.2, 0.25) is 0 Å². The van der Waals surface area contributed by atoms with Crippen molar-refractivity contribution < 1.29 is 4.74 Å². The molecule has 0 spiro atoms. The maximum absolute atomic E-state index is 12.5. The highest BCUT2D eigenvalue weighted by atomic mass is 16.5. The van der Waals surface area contributed by atoms with E-state index in [1.165, 1.54) is 5.69 Å². The molecular formula is C20H24N4O2. The van der Waals surface area contributed by atoms with E-state index in [1.54, 1.807) is 7.11 Å². The van der Waals surface area contributed by atoms with Crippen molar-refractivity contribution in [3.05, 3.63) is 57.6 Å². The van der Waals surface area contributed by atoms with E-state index in [0.29, 0.717) is 12.6 Å². The Labute approximate surface area is 152 Å². The third-order valence-corrected chi connectivity index (χ3v) is 5.16. The van der Waals surface area contributed by atoms with Gasteiger partial charge in [-0.1, -0.05) is 0 Å². The van der Waals surface area contributed by atoms with Crippen molar-refractivity contribution in [1.29, 1.82) is 0 Å². The molecule has 6 heteroatoms. The van der Waals surface area contributed by atoms with Crippen molar-refractivity contribution in [1.82, 2.24) is 19.7 Å². The number of nitrogens with one attached hydrogen (secondary N) is 1. The van der Waals surface area contributed by atoms with Gasteiger partial charge >= 0.3 is 0 Å².